The van der Waals surface area contributed by atoms with Gasteiger partial charge < -0.3 is 25.6 Å². The number of halogens is 3. The van der Waals surface area contributed by atoms with E-state index >= 15 is 0 Å². The van der Waals surface area contributed by atoms with Gasteiger partial charge in [-0.15, -0.1) is 0 Å². The van der Waals surface area contributed by atoms with E-state index in [-0.39, 0.29) is 22.6 Å². The number of fused-ring (bicyclic) bond motifs is 1. The maximum atomic E-state index is 14.3. The number of hydrogen-bond acceptors (Lipinski definition) is 8. The number of likely N-dealkylation sites (tertiary alicyclic amines) is 1. The number of aliphatic hydroxyl groups is 1. The van der Waals surface area contributed by atoms with Crippen LogP contribution >= 0.6 is 11.6 Å². The number of nitrogens with one attached hydrogen (secondary N) is 1. The van der Waals surface area contributed by atoms with Gasteiger partial charge in [-0.1, -0.05) is 23.7 Å². The largest absolute Gasteiger partial charge is 0.496 e. The van der Waals surface area contributed by atoms with Crippen molar-refractivity contribution in [2.45, 2.75) is 38.3 Å². The summed E-state index contributed by atoms with van der Waals surface area (Å²) in [4.78, 5) is 23.7. The second-order valence-electron chi connectivity index (χ2n) is 11.1. The highest BCUT2D eigenvalue weighted by atomic mass is 35.5. The van der Waals surface area contributed by atoms with Crippen LogP contribution in [0.3, 0.4) is 0 Å². The Hall–Kier alpha value is -4.32. The molecule has 230 valence electrons. The Kier molecular flexibility index (Phi) is 8.73. The lowest BCUT2D eigenvalue weighted by molar-refractivity contribution is -0.112. The first-order valence-electron chi connectivity index (χ1n) is 13.9. The molecule has 1 atom stereocenters. The van der Waals surface area contributed by atoms with Crippen molar-refractivity contribution >= 4 is 45.5 Å². The standard InChI is InChI=1S/C32H32ClF2N5O4/c1-32(2,42)21-13-28(44-26-9-5-8-23(34)29(26)35)22(33)14-25(21)39-31-20-12-18(27(43-4)15-24(20)37-16-38-31)19(30(36)41)11-17-7-6-10-40(17)3/h5,8-9,11-17,42H,6-7,10H2,1-4H3,(H2,36,41)(H,37,38,39). The Morgan fingerprint density at radius 2 is 1.95 bits per heavy atom. The lowest BCUT2D eigenvalue weighted by atomic mass is 9.95. The highest BCUT2D eigenvalue weighted by molar-refractivity contribution is 6.32. The van der Waals surface area contributed by atoms with Crippen LogP contribution in [0.5, 0.6) is 17.2 Å². The van der Waals surface area contributed by atoms with Crippen molar-refractivity contribution in [3.63, 3.8) is 0 Å². The minimum absolute atomic E-state index is 0.00604. The summed E-state index contributed by atoms with van der Waals surface area (Å²) >= 11 is 6.54. The van der Waals surface area contributed by atoms with Gasteiger partial charge in [0.25, 0.3) is 0 Å². The average Bonchev–Trinajstić information content (AvgIpc) is 3.38. The summed E-state index contributed by atoms with van der Waals surface area (Å²) < 4.78 is 39.4. The molecule has 4 aromatic rings. The number of nitrogens with zero attached hydrogens (tertiary/aromatic N) is 3. The van der Waals surface area contributed by atoms with E-state index in [1.807, 2.05) is 13.1 Å². The SMILES string of the molecule is COc1cc2ncnc(Nc3cc(Cl)c(Oc4cccc(F)c4F)cc3C(C)(C)O)c2cc1C(=CC1CCCN1C)C(N)=O. The van der Waals surface area contributed by atoms with Crippen LogP contribution in [-0.4, -0.2) is 52.6 Å². The molecular weight excluding hydrogens is 592 g/mol. The second-order valence-corrected chi connectivity index (χ2v) is 11.5. The van der Waals surface area contributed by atoms with Gasteiger partial charge >= 0.3 is 0 Å². The van der Waals surface area contributed by atoms with Gasteiger partial charge in [-0.05, 0) is 70.6 Å². The quantitative estimate of drug-likeness (QED) is 0.186. The number of carbonyl (C=O) groups excluding carboxylic acids is 1. The molecule has 12 heteroatoms. The number of primary amides is 1. The predicted molar refractivity (Wildman–Crippen MR) is 165 cm³/mol. The molecule has 1 amide bonds. The summed E-state index contributed by atoms with van der Waals surface area (Å²) in [5.74, 6) is -2.44. The number of nitrogens with two attached hydrogens (primary N) is 1. The molecule has 1 saturated heterocycles. The van der Waals surface area contributed by atoms with E-state index in [9.17, 15) is 18.7 Å². The summed E-state index contributed by atoms with van der Waals surface area (Å²) in [5, 5.41) is 14.9. The van der Waals surface area contributed by atoms with Gasteiger partial charge in [-0.2, -0.15) is 4.39 Å². The average molecular weight is 624 g/mol. The van der Waals surface area contributed by atoms with Crippen molar-refractivity contribution in [3.05, 3.63) is 82.7 Å². The minimum atomic E-state index is -1.43. The lowest BCUT2D eigenvalue weighted by Gasteiger charge is -2.24. The Morgan fingerprint density at radius 1 is 1.18 bits per heavy atom. The molecule has 1 aliphatic rings. The number of ether oxygens (including phenoxy) is 2. The molecule has 1 aromatic heterocycles. The third-order valence-corrected chi connectivity index (χ3v) is 7.86. The fraction of sp³-hybridized carbons (Fsp3) is 0.281. The Bertz CT molecular complexity index is 1780. The molecule has 9 nitrogen and oxygen atoms in total. The number of rotatable bonds is 9. The zero-order valence-corrected chi connectivity index (χ0v) is 25.4. The monoisotopic (exact) mass is 623 g/mol. The zero-order valence-electron chi connectivity index (χ0n) is 24.6. The van der Waals surface area contributed by atoms with Crippen LogP contribution in [0, 0.1) is 11.6 Å². The minimum Gasteiger partial charge on any atom is -0.496 e. The number of aromatic nitrogens is 2. The van der Waals surface area contributed by atoms with E-state index in [0.717, 1.165) is 25.5 Å². The first kappa shape index (κ1) is 31.1. The number of carbonyl (C=O) groups is 1. The predicted octanol–water partition coefficient (Wildman–Crippen LogP) is 6.30. The van der Waals surface area contributed by atoms with Crippen molar-refractivity contribution in [2.75, 3.05) is 26.0 Å². The number of anilines is 2. The fourth-order valence-electron chi connectivity index (χ4n) is 5.26. The first-order valence-corrected chi connectivity index (χ1v) is 14.3. The van der Waals surface area contributed by atoms with Gasteiger partial charge in [-0.3, -0.25) is 9.69 Å². The summed E-state index contributed by atoms with van der Waals surface area (Å²) in [6, 6.07) is 9.95. The van der Waals surface area contributed by atoms with Crippen LogP contribution in [0.2, 0.25) is 5.02 Å². The van der Waals surface area contributed by atoms with Gasteiger partial charge in [0.2, 0.25) is 11.7 Å². The number of amides is 1. The summed E-state index contributed by atoms with van der Waals surface area (Å²) in [7, 11) is 3.50. The van der Waals surface area contributed by atoms with Crippen molar-refractivity contribution in [2.24, 2.45) is 5.73 Å². The zero-order chi connectivity index (χ0) is 31.8. The van der Waals surface area contributed by atoms with Crippen LogP contribution < -0.4 is 20.5 Å². The maximum Gasteiger partial charge on any atom is 0.249 e. The third-order valence-electron chi connectivity index (χ3n) is 7.57. The molecule has 0 radical (unpaired) electrons. The Labute approximate surface area is 258 Å². The summed E-state index contributed by atoms with van der Waals surface area (Å²) in [6.07, 6.45) is 5.12. The second kappa shape index (κ2) is 12.4. The summed E-state index contributed by atoms with van der Waals surface area (Å²) in [5.41, 5.74) is 6.43. The van der Waals surface area contributed by atoms with E-state index in [2.05, 4.69) is 20.2 Å². The van der Waals surface area contributed by atoms with Gasteiger partial charge in [0, 0.05) is 39.9 Å². The number of hydrogen-bond donors (Lipinski definition) is 3. The highest BCUT2D eigenvalue weighted by Crippen LogP contribution is 2.41. The van der Waals surface area contributed by atoms with E-state index in [4.69, 9.17) is 26.8 Å². The molecule has 0 bridgehead atoms. The molecule has 0 spiro atoms. The molecule has 1 unspecified atom stereocenters. The Balaban J connectivity index is 1.60. The van der Waals surface area contributed by atoms with Crippen molar-refractivity contribution < 1.29 is 28.2 Å². The van der Waals surface area contributed by atoms with Crippen LogP contribution in [0.4, 0.5) is 20.3 Å². The molecule has 0 saturated carbocycles. The number of methoxy groups -OCH3 is 1. The lowest BCUT2D eigenvalue weighted by Crippen LogP contribution is -2.25. The van der Waals surface area contributed by atoms with Gasteiger partial charge in [0.15, 0.2) is 11.6 Å². The van der Waals surface area contributed by atoms with Crippen LogP contribution in [0.15, 0.2) is 54.9 Å². The number of benzene rings is 3. The van der Waals surface area contributed by atoms with Gasteiger partial charge in [-0.25, -0.2) is 14.4 Å². The first-order chi connectivity index (χ1) is 20.9. The van der Waals surface area contributed by atoms with Crippen molar-refractivity contribution in [3.8, 4) is 17.2 Å². The smallest absolute Gasteiger partial charge is 0.249 e. The molecule has 1 fully saturated rings. The molecular formula is C32H32ClF2N5O4. The maximum absolute atomic E-state index is 14.3. The molecule has 2 heterocycles. The van der Waals surface area contributed by atoms with Gasteiger partial charge in [0.05, 0.1) is 23.3 Å². The van der Waals surface area contributed by atoms with Crippen LogP contribution in [0.25, 0.3) is 16.5 Å². The van der Waals surface area contributed by atoms with E-state index in [0.29, 0.717) is 44.9 Å². The molecule has 1 aliphatic heterocycles. The fourth-order valence-corrected chi connectivity index (χ4v) is 5.46. The van der Waals surface area contributed by atoms with Crippen molar-refractivity contribution in [1.82, 2.24) is 14.9 Å². The number of likely N-dealkylation sites (N-methyl/N-ethyl adjacent to an activating group) is 1. The van der Waals surface area contributed by atoms with Crippen molar-refractivity contribution in [1.29, 1.82) is 0 Å². The van der Waals surface area contributed by atoms with E-state index < -0.39 is 23.1 Å². The molecule has 4 N–H and O–H groups in total. The van der Waals surface area contributed by atoms with Crippen LogP contribution in [0.1, 0.15) is 37.8 Å². The van der Waals surface area contributed by atoms with E-state index in [1.54, 1.807) is 26.0 Å². The molecule has 3 aromatic carbocycles. The topological polar surface area (TPSA) is 123 Å². The third kappa shape index (κ3) is 6.30. The molecule has 0 aliphatic carbocycles. The van der Waals surface area contributed by atoms with Gasteiger partial charge in [0.1, 0.15) is 23.6 Å². The van der Waals surface area contributed by atoms with E-state index in [1.165, 1.54) is 37.7 Å². The molecule has 5 rings (SSSR count). The normalized spacial score (nSPS) is 15.9. The van der Waals surface area contributed by atoms with Crippen LogP contribution in [-0.2, 0) is 10.4 Å². The summed E-state index contributed by atoms with van der Waals surface area (Å²) in [6.45, 7) is 4.02. The Morgan fingerprint density at radius 3 is 2.61 bits per heavy atom. The molecule has 44 heavy (non-hydrogen) atoms. The highest BCUT2D eigenvalue weighted by Gasteiger charge is 2.26.